The van der Waals surface area contributed by atoms with Gasteiger partial charge in [-0.25, -0.2) is 0 Å². The first kappa shape index (κ1) is 11.2. The summed E-state index contributed by atoms with van der Waals surface area (Å²) in [6, 6.07) is 16.3. The SMILES string of the molecule is Cc1ccc(CO)c(Sc2ccccc2)c1. The van der Waals surface area contributed by atoms with Crippen molar-refractivity contribution in [1.29, 1.82) is 0 Å². The summed E-state index contributed by atoms with van der Waals surface area (Å²) in [7, 11) is 0. The molecule has 0 spiro atoms. The van der Waals surface area contributed by atoms with Crippen LogP contribution in [0.2, 0.25) is 0 Å². The Hall–Kier alpha value is -1.25. The number of benzene rings is 2. The number of hydrogen-bond acceptors (Lipinski definition) is 2. The van der Waals surface area contributed by atoms with Gasteiger partial charge in [0.15, 0.2) is 0 Å². The van der Waals surface area contributed by atoms with Gasteiger partial charge in [-0.15, -0.1) is 0 Å². The second-order valence-electron chi connectivity index (χ2n) is 3.68. The van der Waals surface area contributed by atoms with Crippen LogP contribution in [0.15, 0.2) is 58.3 Å². The highest BCUT2D eigenvalue weighted by atomic mass is 32.2. The lowest BCUT2D eigenvalue weighted by molar-refractivity contribution is 0.279. The lowest BCUT2D eigenvalue weighted by Gasteiger charge is -2.08. The van der Waals surface area contributed by atoms with E-state index in [9.17, 15) is 5.11 Å². The standard InChI is InChI=1S/C14H14OS/c1-11-7-8-12(10-15)14(9-11)16-13-5-3-2-4-6-13/h2-9,15H,10H2,1H3. The molecule has 0 radical (unpaired) electrons. The van der Waals surface area contributed by atoms with Crippen molar-refractivity contribution >= 4 is 11.8 Å². The van der Waals surface area contributed by atoms with Crippen LogP contribution in [-0.2, 0) is 6.61 Å². The van der Waals surface area contributed by atoms with E-state index in [1.54, 1.807) is 11.8 Å². The van der Waals surface area contributed by atoms with Crippen LogP contribution in [0.1, 0.15) is 11.1 Å². The van der Waals surface area contributed by atoms with Crippen LogP contribution in [0.25, 0.3) is 0 Å². The summed E-state index contributed by atoms with van der Waals surface area (Å²) in [5.74, 6) is 0. The molecule has 82 valence electrons. The van der Waals surface area contributed by atoms with Crippen LogP contribution >= 0.6 is 11.8 Å². The van der Waals surface area contributed by atoms with Crippen molar-refractivity contribution in [2.45, 2.75) is 23.3 Å². The van der Waals surface area contributed by atoms with Crippen LogP contribution in [0.4, 0.5) is 0 Å². The zero-order valence-electron chi connectivity index (χ0n) is 9.18. The van der Waals surface area contributed by atoms with Crippen molar-refractivity contribution in [3.63, 3.8) is 0 Å². The monoisotopic (exact) mass is 230 g/mol. The molecule has 0 aliphatic carbocycles. The van der Waals surface area contributed by atoms with E-state index in [-0.39, 0.29) is 6.61 Å². The van der Waals surface area contributed by atoms with Crippen LogP contribution in [0, 0.1) is 6.92 Å². The first-order valence-corrected chi connectivity index (χ1v) is 6.04. The third kappa shape index (κ3) is 2.65. The molecule has 0 aliphatic heterocycles. The van der Waals surface area contributed by atoms with E-state index in [4.69, 9.17) is 0 Å². The van der Waals surface area contributed by atoms with Gasteiger partial charge in [0.1, 0.15) is 0 Å². The van der Waals surface area contributed by atoms with E-state index < -0.39 is 0 Å². The Morgan fingerprint density at radius 3 is 2.50 bits per heavy atom. The maximum absolute atomic E-state index is 9.27. The summed E-state index contributed by atoms with van der Waals surface area (Å²) in [5.41, 5.74) is 2.20. The molecule has 1 N–H and O–H groups in total. The average molecular weight is 230 g/mol. The van der Waals surface area contributed by atoms with E-state index in [0.717, 1.165) is 10.5 Å². The molecule has 16 heavy (non-hydrogen) atoms. The summed E-state index contributed by atoms with van der Waals surface area (Å²) in [6.45, 7) is 2.16. The number of aliphatic hydroxyl groups is 1. The first-order valence-electron chi connectivity index (χ1n) is 5.23. The summed E-state index contributed by atoms with van der Waals surface area (Å²) < 4.78 is 0. The molecule has 0 aliphatic rings. The maximum atomic E-state index is 9.27. The summed E-state index contributed by atoms with van der Waals surface area (Å²) >= 11 is 1.69. The molecule has 0 heterocycles. The highest BCUT2D eigenvalue weighted by molar-refractivity contribution is 7.99. The second-order valence-corrected chi connectivity index (χ2v) is 4.80. The van der Waals surface area contributed by atoms with Crippen LogP contribution < -0.4 is 0 Å². The molecule has 0 amide bonds. The van der Waals surface area contributed by atoms with Crippen molar-refractivity contribution in [3.8, 4) is 0 Å². The van der Waals surface area contributed by atoms with Gasteiger partial charge in [-0.2, -0.15) is 0 Å². The molecule has 0 fully saturated rings. The van der Waals surface area contributed by atoms with Crippen molar-refractivity contribution in [2.24, 2.45) is 0 Å². The van der Waals surface area contributed by atoms with E-state index in [2.05, 4.69) is 25.1 Å². The van der Waals surface area contributed by atoms with Gasteiger partial charge < -0.3 is 5.11 Å². The van der Waals surface area contributed by atoms with Gasteiger partial charge in [0.2, 0.25) is 0 Å². The minimum absolute atomic E-state index is 0.0927. The molecular formula is C14H14OS. The largest absolute Gasteiger partial charge is 0.392 e. The molecule has 1 nitrogen and oxygen atoms in total. The molecule has 0 atom stereocenters. The average Bonchev–Trinajstić information content (AvgIpc) is 2.31. The van der Waals surface area contributed by atoms with Crippen molar-refractivity contribution in [3.05, 3.63) is 59.7 Å². The van der Waals surface area contributed by atoms with Crippen LogP contribution in [-0.4, -0.2) is 5.11 Å². The molecule has 0 unspecified atom stereocenters. The van der Waals surface area contributed by atoms with Crippen molar-refractivity contribution < 1.29 is 5.11 Å². The number of aliphatic hydroxyl groups excluding tert-OH is 1. The van der Waals surface area contributed by atoms with Gasteiger partial charge >= 0.3 is 0 Å². The van der Waals surface area contributed by atoms with Gasteiger partial charge in [0.05, 0.1) is 6.61 Å². The molecular weight excluding hydrogens is 216 g/mol. The third-order valence-corrected chi connectivity index (χ3v) is 3.47. The van der Waals surface area contributed by atoms with E-state index in [1.807, 2.05) is 30.3 Å². The van der Waals surface area contributed by atoms with Gasteiger partial charge in [-0.3, -0.25) is 0 Å². The predicted octanol–water partition coefficient (Wildman–Crippen LogP) is 3.64. The number of hydrogen-bond donors (Lipinski definition) is 1. The Balaban J connectivity index is 2.30. The summed E-state index contributed by atoms with van der Waals surface area (Å²) in [6.07, 6.45) is 0. The van der Waals surface area contributed by atoms with Crippen LogP contribution in [0.5, 0.6) is 0 Å². The maximum Gasteiger partial charge on any atom is 0.0692 e. The molecule has 0 aromatic heterocycles. The minimum atomic E-state index is 0.0927. The van der Waals surface area contributed by atoms with E-state index in [0.29, 0.717) is 0 Å². The predicted molar refractivity (Wildman–Crippen MR) is 67.7 cm³/mol. The normalized spacial score (nSPS) is 10.4. The van der Waals surface area contributed by atoms with E-state index in [1.165, 1.54) is 10.5 Å². The molecule has 2 rings (SSSR count). The quantitative estimate of drug-likeness (QED) is 0.868. The summed E-state index contributed by atoms with van der Waals surface area (Å²) in [4.78, 5) is 2.33. The van der Waals surface area contributed by atoms with Crippen LogP contribution in [0.3, 0.4) is 0 Å². The fourth-order valence-corrected chi connectivity index (χ4v) is 2.56. The van der Waals surface area contributed by atoms with E-state index >= 15 is 0 Å². The molecule has 2 aromatic carbocycles. The second kappa shape index (κ2) is 5.19. The fraction of sp³-hybridized carbons (Fsp3) is 0.143. The highest BCUT2D eigenvalue weighted by Gasteiger charge is 2.03. The number of rotatable bonds is 3. The minimum Gasteiger partial charge on any atom is -0.392 e. The molecule has 0 saturated carbocycles. The highest BCUT2D eigenvalue weighted by Crippen LogP contribution is 2.31. The number of aryl methyl sites for hydroxylation is 1. The van der Waals surface area contributed by atoms with Gasteiger partial charge in [-0.05, 0) is 36.2 Å². The van der Waals surface area contributed by atoms with Crippen molar-refractivity contribution in [2.75, 3.05) is 0 Å². The van der Waals surface area contributed by atoms with Crippen molar-refractivity contribution in [1.82, 2.24) is 0 Å². The molecule has 2 aromatic rings. The molecule has 2 heteroatoms. The first-order chi connectivity index (χ1) is 7.79. The third-order valence-electron chi connectivity index (χ3n) is 2.36. The lowest BCUT2D eigenvalue weighted by Crippen LogP contribution is -1.88. The van der Waals surface area contributed by atoms with Gasteiger partial charge in [0, 0.05) is 9.79 Å². The Morgan fingerprint density at radius 1 is 1.06 bits per heavy atom. The Bertz CT molecular complexity index is 465. The Kier molecular flexibility index (Phi) is 3.65. The fourth-order valence-electron chi connectivity index (χ4n) is 1.50. The zero-order chi connectivity index (χ0) is 11.4. The Labute approximate surface area is 100 Å². The molecule has 0 bridgehead atoms. The molecule has 0 saturated heterocycles. The zero-order valence-corrected chi connectivity index (χ0v) is 10.00. The van der Waals surface area contributed by atoms with Gasteiger partial charge in [0.25, 0.3) is 0 Å². The topological polar surface area (TPSA) is 20.2 Å². The lowest BCUT2D eigenvalue weighted by atomic mass is 10.2. The summed E-state index contributed by atoms with van der Waals surface area (Å²) in [5, 5.41) is 9.27. The Morgan fingerprint density at radius 2 is 1.81 bits per heavy atom. The smallest absolute Gasteiger partial charge is 0.0692 e. The van der Waals surface area contributed by atoms with Gasteiger partial charge in [-0.1, -0.05) is 42.1 Å².